The molecule has 0 bridgehead atoms. The van der Waals surface area contributed by atoms with Crippen molar-refractivity contribution in [1.29, 1.82) is 0 Å². The first-order valence-electron chi connectivity index (χ1n) is 4.21. The quantitative estimate of drug-likeness (QED) is 0.386. The molecule has 0 atom stereocenters. The van der Waals surface area contributed by atoms with E-state index in [1.54, 1.807) is 0 Å². The summed E-state index contributed by atoms with van der Waals surface area (Å²) in [6.07, 6.45) is 2.43. The first-order chi connectivity index (χ1) is 5.52. The number of hydrogen-bond acceptors (Lipinski definition) is 3. The fourth-order valence-corrected chi connectivity index (χ4v) is 0.934. The molecule has 3 N–H and O–H groups in total. The Labute approximate surface area is 73.4 Å². The second-order valence-corrected chi connectivity index (χ2v) is 3.40. The lowest BCUT2D eigenvalue weighted by Gasteiger charge is -2.24. The van der Waals surface area contributed by atoms with Crippen molar-refractivity contribution in [3.05, 3.63) is 0 Å². The maximum Gasteiger partial charge on any atom is 0.421 e. The molecule has 0 fully saturated rings. The molecule has 0 saturated carbocycles. The number of ether oxygens (including phenoxy) is 1. The zero-order valence-corrected chi connectivity index (χ0v) is 8.02. The Kier molecular flexibility index (Phi) is 4.66. The van der Waals surface area contributed by atoms with Gasteiger partial charge in [0.25, 0.3) is 0 Å². The highest BCUT2D eigenvalue weighted by molar-refractivity contribution is 5.66. The number of carbonyl (C=O) groups is 1. The van der Waals surface area contributed by atoms with Crippen LogP contribution in [0.25, 0.3) is 0 Å². The van der Waals surface area contributed by atoms with Crippen LogP contribution in [0.15, 0.2) is 0 Å². The minimum absolute atomic E-state index is 0.417. The molecule has 0 aliphatic rings. The lowest BCUT2D eigenvalue weighted by molar-refractivity contribution is 0.0312. The summed E-state index contributed by atoms with van der Waals surface area (Å²) in [7, 11) is 0. The van der Waals surface area contributed by atoms with Crippen LogP contribution in [-0.2, 0) is 4.74 Å². The molecule has 0 aromatic carbocycles. The summed E-state index contributed by atoms with van der Waals surface area (Å²) in [5, 5.41) is 0. The smallest absolute Gasteiger partial charge is 0.421 e. The van der Waals surface area contributed by atoms with Gasteiger partial charge in [-0.2, -0.15) is 0 Å². The van der Waals surface area contributed by atoms with Crippen molar-refractivity contribution in [3.63, 3.8) is 0 Å². The second kappa shape index (κ2) is 4.98. The highest BCUT2D eigenvalue weighted by Crippen LogP contribution is 2.17. The van der Waals surface area contributed by atoms with E-state index in [9.17, 15) is 4.79 Å². The number of unbranched alkanes of at least 4 members (excludes halogenated alkanes) is 1. The van der Waals surface area contributed by atoms with Crippen molar-refractivity contribution < 1.29 is 9.53 Å². The number of rotatable bonds is 4. The molecule has 4 nitrogen and oxygen atoms in total. The molecule has 0 radical (unpaired) electrons. The van der Waals surface area contributed by atoms with Crippen LogP contribution in [0.4, 0.5) is 4.79 Å². The van der Waals surface area contributed by atoms with Crippen LogP contribution in [0.1, 0.15) is 40.0 Å². The molecule has 72 valence electrons. The van der Waals surface area contributed by atoms with Gasteiger partial charge in [0, 0.05) is 0 Å². The van der Waals surface area contributed by atoms with Gasteiger partial charge in [-0.15, -0.1) is 0 Å². The summed E-state index contributed by atoms with van der Waals surface area (Å²) in [5.74, 6) is 4.88. The molecular formula is C8H18N2O2. The Balaban J connectivity index is 3.77. The van der Waals surface area contributed by atoms with Crippen molar-refractivity contribution in [1.82, 2.24) is 5.43 Å². The van der Waals surface area contributed by atoms with Gasteiger partial charge in [-0.05, 0) is 26.7 Å². The average molecular weight is 174 g/mol. The Hall–Kier alpha value is -0.770. The third kappa shape index (κ3) is 4.96. The minimum Gasteiger partial charge on any atom is -0.443 e. The number of amides is 1. The molecule has 0 aliphatic heterocycles. The van der Waals surface area contributed by atoms with E-state index in [1.165, 1.54) is 0 Å². The molecular weight excluding hydrogens is 156 g/mol. The van der Waals surface area contributed by atoms with Crippen LogP contribution < -0.4 is 11.3 Å². The van der Waals surface area contributed by atoms with Gasteiger partial charge in [0.2, 0.25) is 0 Å². The van der Waals surface area contributed by atoms with E-state index >= 15 is 0 Å². The summed E-state index contributed by atoms with van der Waals surface area (Å²) in [6.45, 7) is 5.84. The SMILES string of the molecule is CCCCC(C)(C)OC(=O)NN. The zero-order chi connectivity index (χ0) is 9.61. The lowest BCUT2D eigenvalue weighted by Crippen LogP contribution is -2.38. The summed E-state index contributed by atoms with van der Waals surface area (Å²) in [4.78, 5) is 10.7. The molecule has 0 heterocycles. The fraction of sp³-hybridized carbons (Fsp3) is 0.875. The van der Waals surface area contributed by atoms with Crippen LogP contribution in [0.3, 0.4) is 0 Å². The Morgan fingerprint density at radius 1 is 1.58 bits per heavy atom. The third-order valence-corrected chi connectivity index (χ3v) is 1.62. The van der Waals surface area contributed by atoms with E-state index in [1.807, 2.05) is 19.3 Å². The Morgan fingerprint density at radius 2 is 2.17 bits per heavy atom. The van der Waals surface area contributed by atoms with Crippen LogP contribution in [0.5, 0.6) is 0 Å². The Bertz CT molecular complexity index is 146. The molecule has 12 heavy (non-hydrogen) atoms. The van der Waals surface area contributed by atoms with Gasteiger partial charge in [0.1, 0.15) is 5.60 Å². The van der Waals surface area contributed by atoms with Crippen molar-refractivity contribution in [2.45, 2.75) is 45.6 Å². The molecule has 0 saturated heterocycles. The maximum absolute atomic E-state index is 10.7. The lowest BCUT2D eigenvalue weighted by atomic mass is 10.0. The number of hydrazine groups is 1. The van der Waals surface area contributed by atoms with E-state index in [0.29, 0.717) is 0 Å². The number of nitrogens with one attached hydrogen (secondary N) is 1. The third-order valence-electron chi connectivity index (χ3n) is 1.62. The van der Waals surface area contributed by atoms with Crippen LogP contribution in [-0.4, -0.2) is 11.7 Å². The Morgan fingerprint density at radius 3 is 2.58 bits per heavy atom. The molecule has 0 rings (SSSR count). The number of nitrogens with two attached hydrogens (primary N) is 1. The highest BCUT2D eigenvalue weighted by Gasteiger charge is 2.21. The van der Waals surface area contributed by atoms with Crippen molar-refractivity contribution in [2.24, 2.45) is 5.84 Å². The van der Waals surface area contributed by atoms with E-state index < -0.39 is 11.7 Å². The monoisotopic (exact) mass is 174 g/mol. The van der Waals surface area contributed by atoms with Crippen molar-refractivity contribution in [3.8, 4) is 0 Å². The van der Waals surface area contributed by atoms with Gasteiger partial charge < -0.3 is 4.74 Å². The number of hydrogen-bond donors (Lipinski definition) is 2. The standard InChI is InChI=1S/C8H18N2O2/c1-4-5-6-8(2,3)12-7(11)10-9/h4-6,9H2,1-3H3,(H,10,11). The summed E-state index contributed by atoms with van der Waals surface area (Å²) >= 11 is 0. The second-order valence-electron chi connectivity index (χ2n) is 3.40. The normalized spacial score (nSPS) is 11.0. The van der Waals surface area contributed by atoms with Gasteiger partial charge in [-0.1, -0.05) is 13.3 Å². The first kappa shape index (κ1) is 11.2. The first-order valence-corrected chi connectivity index (χ1v) is 4.21. The van der Waals surface area contributed by atoms with E-state index in [0.717, 1.165) is 19.3 Å². The van der Waals surface area contributed by atoms with Gasteiger partial charge in [-0.3, -0.25) is 5.43 Å². The summed E-state index contributed by atoms with van der Waals surface area (Å²) in [5.41, 5.74) is 1.52. The van der Waals surface area contributed by atoms with Crippen LogP contribution >= 0.6 is 0 Å². The predicted octanol–water partition coefficient (Wildman–Crippen LogP) is 1.56. The largest absolute Gasteiger partial charge is 0.443 e. The van der Waals surface area contributed by atoms with E-state index in [-0.39, 0.29) is 0 Å². The van der Waals surface area contributed by atoms with Gasteiger partial charge >= 0.3 is 6.09 Å². The molecule has 0 aromatic heterocycles. The molecule has 4 heteroatoms. The molecule has 0 aromatic rings. The predicted molar refractivity (Wildman–Crippen MR) is 47.4 cm³/mol. The van der Waals surface area contributed by atoms with Gasteiger partial charge in [0.15, 0.2) is 0 Å². The van der Waals surface area contributed by atoms with Crippen molar-refractivity contribution >= 4 is 6.09 Å². The van der Waals surface area contributed by atoms with Crippen molar-refractivity contribution in [2.75, 3.05) is 0 Å². The van der Waals surface area contributed by atoms with E-state index in [2.05, 4.69) is 6.92 Å². The molecule has 0 unspecified atom stereocenters. The van der Waals surface area contributed by atoms with E-state index in [4.69, 9.17) is 10.6 Å². The molecule has 0 aliphatic carbocycles. The van der Waals surface area contributed by atoms with Crippen LogP contribution in [0.2, 0.25) is 0 Å². The highest BCUT2D eigenvalue weighted by atomic mass is 16.6. The zero-order valence-electron chi connectivity index (χ0n) is 8.02. The van der Waals surface area contributed by atoms with Gasteiger partial charge in [-0.25, -0.2) is 10.6 Å². The van der Waals surface area contributed by atoms with Crippen LogP contribution in [0, 0.1) is 0 Å². The summed E-state index contributed by atoms with van der Waals surface area (Å²) in [6, 6.07) is 0. The molecule has 0 spiro atoms. The average Bonchev–Trinajstić information content (AvgIpc) is 2.00. The fourth-order valence-electron chi connectivity index (χ4n) is 0.934. The van der Waals surface area contributed by atoms with Gasteiger partial charge in [0.05, 0.1) is 0 Å². The maximum atomic E-state index is 10.7. The minimum atomic E-state index is -0.573. The molecule has 1 amide bonds. The number of carbonyl (C=O) groups excluding carboxylic acids is 1. The summed E-state index contributed by atoms with van der Waals surface area (Å²) < 4.78 is 5.01. The topological polar surface area (TPSA) is 64.3 Å².